The van der Waals surface area contributed by atoms with Crippen LogP contribution in [0.1, 0.15) is 27.2 Å². The van der Waals surface area contributed by atoms with E-state index in [0.717, 1.165) is 40.7 Å². The molecule has 0 saturated heterocycles. The first-order valence-electron chi connectivity index (χ1n) is 9.09. The molecular formula is C21H12ClNO6S. The number of hydrogen-bond donors (Lipinski definition) is 0. The molecule has 0 saturated carbocycles. The van der Waals surface area contributed by atoms with E-state index in [4.69, 9.17) is 20.8 Å². The van der Waals surface area contributed by atoms with E-state index < -0.39 is 10.9 Å². The summed E-state index contributed by atoms with van der Waals surface area (Å²) < 4.78 is 11.4. The van der Waals surface area contributed by atoms with Gasteiger partial charge in [0, 0.05) is 39.2 Å². The first-order chi connectivity index (χ1) is 14.4. The van der Waals surface area contributed by atoms with Crippen LogP contribution in [0.4, 0.5) is 5.69 Å². The normalized spacial score (nSPS) is 13.0. The maximum Gasteiger partial charge on any atom is 0.355 e. The summed E-state index contributed by atoms with van der Waals surface area (Å²) in [7, 11) is 0. The van der Waals surface area contributed by atoms with Crippen molar-refractivity contribution in [3.05, 3.63) is 78.0 Å². The number of halogens is 1. The monoisotopic (exact) mass is 441 g/mol. The number of esters is 1. The van der Waals surface area contributed by atoms with Gasteiger partial charge in [-0.3, -0.25) is 10.1 Å². The number of aryl methyl sites for hydroxylation is 1. The fraction of sp³-hybridized carbons (Fsp3) is 0.143. The van der Waals surface area contributed by atoms with Crippen molar-refractivity contribution < 1.29 is 18.9 Å². The number of non-ortho nitro benzene ring substituents is 1. The predicted octanol–water partition coefficient (Wildman–Crippen LogP) is 5.28. The fourth-order valence-corrected chi connectivity index (χ4v) is 5.20. The molecule has 2 aromatic heterocycles. The number of hydrogen-bond acceptors (Lipinski definition) is 7. The molecule has 4 aromatic rings. The zero-order valence-electron chi connectivity index (χ0n) is 15.3. The van der Waals surface area contributed by atoms with Crippen LogP contribution < -0.4 is 10.4 Å². The number of fused-ring (bicyclic) bond motifs is 4. The molecule has 0 radical (unpaired) electrons. The van der Waals surface area contributed by atoms with E-state index >= 15 is 0 Å². The number of benzene rings is 2. The zero-order chi connectivity index (χ0) is 21.0. The van der Waals surface area contributed by atoms with Crippen LogP contribution in [-0.2, 0) is 12.8 Å². The first-order valence-corrected chi connectivity index (χ1v) is 10.3. The minimum Gasteiger partial charge on any atom is -0.422 e. The van der Waals surface area contributed by atoms with Crippen LogP contribution in [0.5, 0.6) is 5.75 Å². The summed E-state index contributed by atoms with van der Waals surface area (Å²) in [6.07, 6.45) is 2.45. The number of nitro benzene ring substituents is 1. The quantitative estimate of drug-likeness (QED) is 0.141. The minimum atomic E-state index is -0.688. The summed E-state index contributed by atoms with van der Waals surface area (Å²) in [6, 6.07) is 9.15. The lowest BCUT2D eigenvalue weighted by Crippen LogP contribution is -2.08. The number of nitrogens with zero attached hydrogens (tertiary/aromatic N) is 1. The standard InChI is InChI=1S/C21H12ClNO6S/c22-18-15-6-4-10(23(26)27)8-17(15)30-19(18)21(25)28-11-5-7-13-12-2-1-3-14(12)20(24)29-16(13)9-11/h4-9H,1-3H2. The van der Waals surface area contributed by atoms with Crippen LogP contribution in [0.3, 0.4) is 0 Å². The van der Waals surface area contributed by atoms with Crippen molar-refractivity contribution in [1.29, 1.82) is 0 Å². The van der Waals surface area contributed by atoms with Gasteiger partial charge in [0.15, 0.2) is 0 Å². The van der Waals surface area contributed by atoms with Gasteiger partial charge in [-0.15, -0.1) is 11.3 Å². The van der Waals surface area contributed by atoms with Crippen molar-refractivity contribution in [3.63, 3.8) is 0 Å². The molecule has 0 bridgehead atoms. The Kier molecular flexibility index (Phi) is 4.34. The number of thiophene rings is 1. The SMILES string of the molecule is O=C(Oc1ccc2c3c(c(=O)oc2c1)CCC3)c1sc2cc([N+](=O)[O-])ccc2c1Cl. The average Bonchev–Trinajstić information content (AvgIpc) is 3.33. The Morgan fingerprint density at radius 1 is 1.13 bits per heavy atom. The van der Waals surface area contributed by atoms with E-state index in [1.807, 2.05) is 0 Å². The van der Waals surface area contributed by atoms with Crippen LogP contribution in [-0.4, -0.2) is 10.9 Å². The van der Waals surface area contributed by atoms with E-state index in [1.54, 1.807) is 12.1 Å². The van der Waals surface area contributed by atoms with E-state index in [2.05, 4.69) is 0 Å². The van der Waals surface area contributed by atoms with Crippen molar-refractivity contribution in [2.75, 3.05) is 0 Å². The number of nitro groups is 1. The summed E-state index contributed by atoms with van der Waals surface area (Å²) in [5, 5.41) is 12.5. The highest BCUT2D eigenvalue weighted by Gasteiger charge is 2.23. The summed E-state index contributed by atoms with van der Waals surface area (Å²) in [4.78, 5) is 35.5. The number of carbonyl (C=O) groups excluding carboxylic acids is 1. The summed E-state index contributed by atoms with van der Waals surface area (Å²) >= 11 is 7.33. The largest absolute Gasteiger partial charge is 0.422 e. The smallest absolute Gasteiger partial charge is 0.355 e. The molecule has 9 heteroatoms. The lowest BCUT2D eigenvalue weighted by molar-refractivity contribution is -0.384. The second-order valence-electron chi connectivity index (χ2n) is 6.93. The highest BCUT2D eigenvalue weighted by molar-refractivity contribution is 7.21. The van der Waals surface area contributed by atoms with E-state index in [0.29, 0.717) is 22.1 Å². The summed E-state index contributed by atoms with van der Waals surface area (Å²) in [6.45, 7) is 0. The first kappa shape index (κ1) is 18.8. The van der Waals surface area contributed by atoms with E-state index in [-0.39, 0.29) is 27.0 Å². The topological polar surface area (TPSA) is 99.7 Å². The Morgan fingerprint density at radius 2 is 1.90 bits per heavy atom. The van der Waals surface area contributed by atoms with Gasteiger partial charge in [-0.25, -0.2) is 9.59 Å². The predicted molar refractivity (Wildman–Crippen MR) is 113 cm³/mol. The third-order valence-electron chi connectivity index (χ3n) is 5.16. The molecule has 0 amide bonds. The molecule has 30 heavy (non-hydrogen) atoms. The average molecular weight is 442 g/mol. The summed E-state index contributed by atoms with van der Waals surface area (Å²) in [5.74, 6) is -0.472. The lowest BCUT2D eigenvalue weighted by atomic mass is 10.1. The zero-order valence-corrected chi connectivity index (χ0v) is 16.8. The Bertz CT molecular complexity index is 1440. The molecule has 1 aliphatic carbocycles. The van der Waals surface area contributed by atoms with Crippen LogP contribution in [0, 0.1) is 10.1 Å². The molecule has 0 unspecified atom stereocenters. The van der Waals surface area contributed by atoms with Crippen molar-refractivity contribution in [3.8, 4) is 5.75 Å². The van der Waals surface area contributed by atoms with Gasteiger partial charge in [0.1, 0.15) is 16.2 Å². The molecule has 0 fully saturated rings. The minimum absolute atomic E-state index is 0.0857. The van der Waals surface area contributed by atoms with Crippen molar-refractivity contribution >= 4 is 55.6 Å². The van der Waals surface area contributed by atoms with Gasteiger partial charge in [-0.1, -0.05) is 11.6 Å². The number of ether oxygens (including phenoxy) is 1. The molecule has 0 N–H and O–H groups in total. The molecule has 0 spiro atoms. The second-order valence-corrected chi connectivity index (χ2v) is 8.36. The van der Waals surface area contributed by atoms with Crippen molar-refractivity contribution in [2.45, 2.75) is 19.3 Å². The van der Waals surface area contributed by atoms with E-state index in [1.165, 1.54) is 24.3 Å². The molecule has 2 aromatic carbocycles. The highest BCUT2D eigenvalue weighted by atomic mass is 35.5. The van der Waals surface area contributed by atoms with Crippen LogP contribution in [0.25, 0.3) is 21.1 Å². The Balaban J connectivity index is 1.50. The summed E-state index contributed by atoms with van der Waals surface area (Å²) in [5.41, 5.74) is 1.64. The van der Waals surface area contributed by atoms with Gasteiger partial charge < -0.3 is 9.15 Å². The second kappa shape index (κ2) is 6.93. The molecule has 7 nitrogen and oxygen atoms in total. The Morgan fingerprint density at radius 3 is 2.70 bits per heavy atom. The highest BCUT2D eigenvalue weighted by Crippen LogP contribution is 2.38. The molecule has 2 heterocycles. The molecule has 0 atom stereocenters. The molecular weight excluding hydrogens is 430 g/mol. The third kappa shape index (κ3) is 2.96. The van der Waals surface area contributed by atoms with Gasteiger partial charge in [-0.2, -0.15) is 0 Å². The number of rotatable bonds is 3. The van der Waals surface area contributed by atoms with Gasteiger partial charge >= 0.3 is 11.6 Å². The molecule has 1 aliphatic rings. The van der Waals surface area contributed by atoms with Crippen LogP contribution in [0.15, 0.2) is 45.6 Å². The van der Waals surface area contributed by atoms with Crippen molar-refractivity contribution in [1.82, 2.24) is 0 Å². The van der Waals surface area contributed by atoms with Gasteiger partial charge in [0.05, 0.1) is 9.95 Å². The van der Waals surface area contributed by atoms with Gasteiger partial charge in [0.25, 0.3) is 5.69 Å². The van der Waals surface area contributed by atoms with Gasteiger partial charge in [-0.05, 0) is 43.0 Å². The van der Waals surface area contributed by atoms with E-state index in [9.17, 15) is 19.7 Å². The van der Waals surface area contributed by atoms with Gasteiger partial charge in [0.2, 0.25) is 0 Å². The number of carbonyl (C=O) groups is 1. The molecule has 5 rings (SSSR count). The van der Waals surface area contributed by atoms with Crippen LogP contribution in [0.2, 0.25) is 5.02 Å². The third-order valence-corrected chi connectivity index (χ3v) is 6.80. The van der Waals surface area contributed by atoms with Crippen LogP contribution >= 0.6 is 22.9 Å². The molecule has 150 valence electrons. The Hall–Kier alpha value is -3.23. The lowest BCUT2D eigenvalue weighted by Gasteiger charge is -2.07. The fourth-order valence-electron chi connectivity index (χ4n) is 3.78. The van der Waals surface area contributed by atoms with Crippen molar-refractivity contribution in [2.24, 2.45) is 0 Å². The maximum atomic E-state index is 12.7. The molecule has 0 aliphatic heterocycles. The Labute approximate surface area is 177 Å². The maximum absolute atomic E-state index is 12.7.